The molecule has 2 unspecified atom stereocenters. The van der Waals surface area contributed by atoms with E-state index in [0.29, 0.717) is 12.0 Å². The van der Waals surface area contributed by atoms with E-state index < -0.39 is 0 Å². The molecule has 1 rings (SSSR count). The van der Waals surface area contributed by atoms with Gasteiger partial charge in [0.15, 0.2) is 0 Å². The van der Waals surface area contributed by atoms with E-state index in [-0.39, 0.29) is 11.9 Å². The topological polar surface area (TPSA) is 44.4 Å². The van der Waals surface area contributed by atoms with Crippen molar-refractivity contribution in [1.29, 1.82) is 0 Å². The maximum Gasteiger partial charge on any atom is 0.237 e. The highest BCUT2D eigenvalue weighted by molar-refractivity contribution is 5.81. The number of piperidine rings is 1. The van der Waals surface area contributed by atoms with Crippen LogP contribution in [0.15, 0.2) is 0 Å². The summed E-state index contributed by atoms with van der Waals surface area (Å²) < 4.78 is 0. The van der Waals surface area contributed by atoms with Crippen LogP contribution in [0, 0.1) is 5.92 Å². The molecule has 0 saturated carbocycles. The molecule has 0 aromatic rings. The highest BCUT2D eigenvalue weighted by Crippen LogP contribution is 2.21. The normalized spacial score (nSPS) is 22.5. The Morgan fingerprint density at radius 2 is 2.05 bits per heavy atom. The summed E-state index contributed by atoms with van der Waals surface area (Å²) in [6, 6.07) is 0.557. The second-order valence-corrected chi connectivity index (χ2v) is 6.09. The van der Waals surface area contributed by atoms with Crippen LogP contribution in [0.5, 0.6) is 0 Å². The zero-order valence-electron chi connectivity index (χ0n) is 13.0. The van der Waals surface area contributed by atoms with Crippen molar-refractivity contribution in [3.05, 3.63) is 0 Å². The Morgan fingerprint density at radius 3 is 2.68 bits per heavy atom. The lowest BCUT2D eigenvalue weighted by Crippen LogP contribution is -2.52. The van der Waals surface area contributed by atoms with Gasteiger partial charge in [0.2, 0.25) is 5.91 Å². The predicted octanol–water partition coefficient (Wildman–Crippen LogP) is 1.61. The Kier molecular flexibility index (Phi) is 7.39. The van der Waals surface area contributed by atoms with E-state index in [2.05, 4.69) is 29.4 Å². The number of rotatable bonds is 7. The van der Waals surface area contributed by atoms with E-state index in [0.717, 1.165) is 26.1 Å². The summed E-state index contributed by atoms with van der Waals surface area (Å²) >= 11 is 0. The largest absolute Gasteiger partial charge is 0.354 e. The van der Waals surface area contributed by atoms with Crippen molar-refractivity contribution >= 4 is 5.91 Å². The van der Waals surface area contributed by atoms with Crippen molar-refractivity contribution in [1.82, 2.24) is 15.5 Å². The van der Waals surface area contributed by atoms with Crippen LogP contribution in [0.1, 0.15) is 46.5 Å². The van der Waals surface area contributed by atoms with Crippen LogP contribution in [0.4, 0.5) is 0 Å². The van der Waals surface area contributed by atoms with Gasteiger partial charge in [-0.15, -0.1) is 0 Å². The maximum absolute atomic E-state index is 12.2. The molecule has 0 aromatic heterocycles. The van der Waals surface area contributed by atoms with Gasteiger partial charge < -0.3 is 10.6 Å². The summed E-state index contributed by atoms with van der Waals surface area (Å²) in [6.07, 6.45) is 4.88. The number of amides is 1. The number of hydrogen-bond acceptors (Lipinski definition) is 3. The summed E-state index contributed by atoms with van der Waals surface area (Å²) in [6.45, 7) is 9.17. The molecule has 4 nitrogen and oxygen atoms in total. The highest BCUT2D eigenvalue weighted by atomic mass is 16.2. The Balaban J connectivity index is 2.50. The van der Waals surface area contributed by atoms with Gasteiger partial charge in [0.1, 0.15) is 0 Å². The van der Waals surface area contributed by atoms with Gasteiger partial charge in [-0.25, -0.2) is 0 Å². The van der Waals surface area contributed by atoms with Crippen molar-refractivity contribution in [2.75, 3.05) is 26.7 Å². The second-order valence-electron chi connectivity index (χ2n) is 6.09. The number of nitrogens with one attached hydrogen (secondary N) is 2. The van der Waals surface area contributed by atoms with Crippen molar-refractivity contribution in [2.45, 2.75) is 58.5 Å². The summed E-state index contributed by atoms with van der Waals surface area (Å²) in [5.41, 5.74) is 0. The third-order valence-electron chi connectivity index (χ3n) is 3.96. The average molecular weight is 269 g/mol. The molecule has 0 aliphatic carbocycles. The van der Waals surface area contributed by atoms with Crippen LogP contribution in [0.25, 0.3) is 0 Å². The van der Waals surface area contributed by atoms with Crippen LogP contribution >= 0.6 is 0 Å². The van der Waals surface area contributed by atoms with Gasteiger partial charge in [0.25, 0.3) is 0 Å². The molecule has 0 bridgehead atoms. The molecule has 19 heavy (non-hydrogen) atoms. The molecule has 1 aliphatic heterocycles. The molecule has 1 heterocycles. The van der Waals surface area contributed by atoms with Crippen molar-refractivity contribution < 1.29 is 4.79 Å². The molecule has 112 valence electrons. The number of carbonyl (C=O) groups is 1. The van der Waals surface area contributed by atoms with Crippen LogP contribution in [-0.4, -0.2) is 49.6 Å². The zero-order chi connectivity index (χ0) is 14.3. The summed E-state index contributed by atoms with van der Waals surface area (Å²) in [5, 5.41) is 6.28. The number of likely N-dealkylation sites (tertiary alicyclic amines) is 1. The zero-order valence-corrected chi connectivity index (χ0v) is 13.0. The van der Waals surface area contributed by atoms with E-state index in [9.17, 15) is 4.79 Å². The Labute approximate surface area is 118 Å². The van der Waals surface area contributed by atoms with E-state index >= 15 is 0 Å². The third-order valence-corrected chi connectivity index (χ3v) is 3.96. The first-order valence-corrected chi connectivity index (χ1v) is 7.74. The molecule has 0 spiro atoms. The summed E-state index contributed by atoms with van der Waals surface area (Å²) in [7, 11) is 1.99. The van der Waals surface area contributed by atoms with Gasteiger partial charge in [-0.2, -0.15) is 0 Å². The fourth-order valence-corrected chi connectivity index (χ4v) is 2.76. The van der Waals surface area contributed by atoms with Crippen molar-refractivity contribution in [3.63, 3.8) is 0 Å². The first-order valence-electron chi connectivity index (χ1n) is 7.74. The molecular weight excluding hydrogens is 238 g/mol. The molecule has 1 amide bonds. The van der Waals surface area contributed by atoms with E-state index in [1.54, 1.807) is 0 Å². The summed E-state index contributed by atoms with van der Waals surface area (Å²) in [4.78, 5) is 14.6. The molecule has 1 saturated heterocycles. The molecule has 0 radical (unpaired) electrons. The minimum atomic E-state index is 0.000839. The van der Waals surface area contributed by atoms with Crippen LogP contribution in [-0.2, 0) is 4.79 Å². The van der Waals surface area contributed by atoms with E-state index in [4.69, 9.17) is 0 Å². The summed E-state index contributed by atoms with van der Waals surface area (Å²) in [5.74, 6) is 0.697. The first kappa shape index (κ1) is 16.4. The van der Waals surface area contributed by atoms with Crippen LogP contribution in [0.2, 0.25) is 0 Å². The molecular formula is C15H31N3O. The van der Waals surface area contributed by atoms with Gasteiger partial charge in [0.05, 0.1) is 6.04 Å². The average Bonchev–Trinajstić information content (AvgIpc) is 2.42. The highest BCUT2D eigenvalue weighted by Gasteiger charge is 2.29. The maximum atomic E-state index is 12.2. The SMILES string of the molecule is CNCCC1CCCCN1C(C)C(=O)NCC(C)C. The minimum absolute atomic E-state index is 0.000839. The smallest absolute Gasteiger partial charge is 0.237 e. The van der Waals surface area contributed by atoms with Gasteiger partial charge in [-0.1, -0.05) is 20.3 Å². The number of nitrogens with zero attached hydrogens (tertiary/aromatic N) is 1. The van der Waals surface area contributed by atoms with Crippen molar-refractivity contribution in [2.24, 2.45) is 5.92 Å². The molecule has 0 aromatic carbocycles. The molecule has 1 aliphatic rings. The number of hydrogen-bond donors (Lipinski definition) is 2. The molecule has 2 N–H and O–H groups in total. The van der Waals surface area contributed by atoms with Gasteiger partial charge >= 0.3 is 0 Å². The van der Waals surface area contributed by atoms with E-state index in [1.807, 2.05) is 14.0 Å². The lowest BCUT2D eigenvalue weighted by molar-refractivity contribution is -0.127. The van der Waals surface area contributed by atoms with Crippen LogP contribution < -0.4 is 10.6 Å². The minimum Gasteiger partial charge on any atom is -0.354 e. The number of carbonyl (C=O) groups excluding carboxylic acids is 1. The quantitative estimate of drug-likeness (QED) is 0.738. The standard InChI is InChI=1S/C15H31N3O/c1-12(2)11-17-15(19)13(3)18-10-6-5-7-14(18)8-9-16-4/h12-14,16H,5-11H2,1-4H3,(H,17,19). The molecule has 2 atom stereocenters. The Bertz CT molecular complexity index is 268. The lowest BCUT2D eigenvalue weighted by atomic mass is 9.97. The Hall–Kier alpha value is -0.610. The fraction of sp³-hybridized carbons (Fsp3) is 0.933. The fourth-order valence-electron chi connectivity index (χ4n) is 2.76. The second kappa shape index (κ2) is 8.54. The monoisotopic (exact) mass is 269 g/mol. The lowest BCUT2D eigenvalue weighted by Gasteiger charge is -2.39. The van der Waals surface area contributed by atoms with Gasteiger partial charge in [-0.05, 0) is 52.2 Å². The molecule has 4 heteroatoms. The third kappa shape index (κ3) is 5.49. The van der Waals surface area contributed by atoms with Gasteiger partial charge in [0, 0.05) is 12.6 Å². The molecule has 1 fully saturated rings. The van der Waals surface area contributed by atoms with Gasteiger partial charge in [-0.3, -0.25) is 9.69 Å². The van der Waals surface area contributed by atoms with Crippen molar-refractivity contribution in [3.8, 4) is 0 Å². The Morgan fingerprint density at radius 1 is 1.32 bits per heavy atom. The first-order chi connectivity index (χ1) is 9.06. The predicted molar refractivity (Wildman–Crippen MR) is 80.2 cm³/mol. The van der Waals surface area contributed by atoms with E-state index in [1.165, 1.54) is 19.3 Å². The van der Waals surface area contributed by atoms with Crippen LogP contribution in [0.3, 0.4) is 0 Å².